The minimum atomic E-state index is -0.543. The van der Waals surface area contributed by atoms with Crippen LogP contribution in [0, 0.1) is 10.1 Å². The molecule has 0 aromatic heterocycles. The molecule has 0 radical (unpaired) electrons. The topological polar surface area (TPSA) is 55.2 Å². The van der Waals surface area contributed by atoms with Crippen molar-refractivity contribution in [3.8, 4) is 0 Å². The first-order chi connectivity index (χ1) is 6.59. The van der Waals surface area contributed by atoms with E-state index in [4.69, 9.17) is 0 Å². The second-order valence-electron chi connectivity index (χ2n) is 2.68. The van der Waals surface area contributed by atoms with Crippen LogP contribution in [0.25, 0.3) is 0 Å². The van der Waals surface area contributed by atoms with Crippen molar-refractivity contribution in [3.63, 3.8) is 0 Å². The van der Waals surface area contributed by atoms with Crippen molar-refractivity contribution in [2.75, 3.05) is 0 Å². The molecule has 0 aliphatic rings. The summed E-state index contributed by atoms with van der Waals surface area (Å²) in [6.07, 6.45) is 0. The zero-order valence-corrected chi connectivity index (χ0v) is 8.95. The number of rotatable bonds is 4. The van der Waals surface area contributed by atoms with Gasteiger partial charge in [-0.1, -0.05) is 28.1 Å². The molecule has 1 aromatic rings. The van der Waals surface area contributed by atoms with Gasteiger partial charge in [-0.15, -0.1) is 0 Å². The minimum Gasteiger partial charge on any atom is -0.358 e. The smallest absolute Gasteiger partial charge is 0.309 e. The molecule has 0 fully saturated rings. The Kier molecular flexibility index (Phi) is 3.64. The molecule has 74 valence electrons. The zero-order chi connectivity index (χ0) is 10.6. The Hall–Kier alpha value is -1.36. The number of nitro groups is 1. The van der Waals surface area contributed by atoms with Gasteiger partial charge in [0.1, 0.15) is 6.54 Å². The van der Waals surface area contributed by atoms with Crippen LogP contribution in [0.2, 0.25) is 0 Å². The third kappa shape index (κ3) is 3.18. The number of halogens is 1. The maximum absolute atomic E-state index is 10.2. The molecular formula is C9H9BrN2O2. The van der Waals surface area contributed by atoms with E-state index >= 15 is 0 Å². The highest BCUT2D eigenvalue weighted by atomic mass is 79.9. The van der Waals surface area contributed by atoms with E-state index in [-0.39, 0.29) is 5.82 Å². The molecule has 0 amide bonds. The molecule has 1 N–H and O–H groups in total. The first-order valence-corrected chi connectivity index (χ1v) is 4.70. The fraction of sp³-hybridized carbons (Fsp3) is 0.111. The Bertz CT molecular complexity index is 348. The van der Waals surface area contributed by atoms with Gasteiger partial charge in [0.15, 0.2) is 0 Å². The normalized spacial score (nSPS) is 9.50. The molecule has 0 bridgehead atoms. The molecule has 0 aliphatic carbocycles. The summed E-state index contributed by atoms with van der Waals surface area (Å²) in [6.45, 7) is 3.68. The summed E-state index contributed by atoms with van der Waals surface area (Å²) in [4.78, 5) is 9.67. The summed E-state index contributed by atoms with van der Waals surface area (Å²) in [5.74, 6) is -0.187. The summed E-state index contributed by atoms with van der Waals surface area (Å²) in [7, 11) is 0. The summed E-state index contributed by atoms with van der Waals surface area (Å²) in [5, 5.41) is 12.8. The van der Waals surface area contributed by atoms with E-state index in [1.807, 2.05) is 24.3 Å². The Morgan fingerprint density at radius 3 is 2.57 bits per heavy atom. The molecule has 0 saturated heterocycles. The number of hydrogen-bond acceptors (Lipinski definition) is 3. The van der Waals surface area contributed by atoms with Crippen LogP contribution >= 0.6 is 15.9 Å². The van der Waals surface area contributed by atoms with E-state index in [1.165, 1.54) is 0 Å². The van der Waals surface area contributed by atoms with Crippen LogP contribution in [-0.4, -0.2) is 4.92 Å². The SMILES string of the molecule is C=C(NCc1ccc(Br)cc1)[N+](=O)[O-]. The van der Waals surface area contributed by atoms with Crippen LogP contribution in [0.3, 0.4) is 0 Å². The van der Waals surface area contributed by atoms with Crippen molar-refractivity contribution < 1.29 is 4.92 Å². The van der Waals surface area contributed by atoms with Gasteiger partial charge in [0.25, 0.3) is 0 Å². The Balaban J connectivity index is 2.50. The van der Waals surface area contributed by atoms with E-state index in [0.717, 1.165) is 10.0 Å². The third-order valence-electron chi connectivity index (χ3n) is 1.63. The Morgan fingerprint density at radius 1 is 1.50 bits per heavy atom. The second-order valence-corrected chi connectivity index (χ2v) is 3.60. The molecule has 1 aromatic carbocycles. The van der Waals surface area contributed by atoms with E-state index in [0.29, 0.717) is 6.54 Å². The average molecular weight is 257 g/mol. The molecule has 14 heavy (non-hydrogen) atoms. The van der Waals surface area contributed by atoms with E-state index in [1.54, 1.807) is 0 Å². The van der Waals surface area contributed by atoms with Crippen LogP contribution in [0.5, 0.6) is 0 Å². The van der Waals surface area contributed by atoms with Crippen LogP contribution in [0.4, 0.5) is 0 Å². The van der Waals surface area contributed by atoms with Gasteiger partial charge in [0.05, 0.1) is 0 Å². The van der Waals surface area contributed by atoms with Gasteiger partial charge in [-0.25, -0.2) is 0 Å². The van der Waals surface area contributed by atoms with Crippen LogP contribution < -0.4 is 5.32 Å². The van der Waals surface area contributed by atoms with Crippen molar-refractivity contribution in [1.29, 1.82) is 0 Å². The van der Waals surface area contributed by atoms with Gasteiger partial charge in [0, 0.05) is 4.47 Å². The Labute approximate surface area is 89.9 Å². The lowest BCUT2D eigenvalue weighted by Crippen LogP contribution is -2.17. The lowest BCUT2D eigenvalue weighted by atomic mass is 10.2. The van der Waals surface area contributed by atoms with Gasteiger partial charge >= 0.3 is 5.82 Å². The molecule has 0 aliphatic heterocycles. The highest BCUT2D eigenvalue weighted by Gasteiger charge is 2.03. The molecule has 4 nitrogen and oxygen atoms in total. The first kappa shape index (κ1) is 10.7. The summed E-state index contributed by atoms with van der Waals surface area (Å²) in [5.41, 5.74) is 0.969. The van der Waals surface area contributed by atoms with Crippen LogP contribution in [0.1, 0.15) is 5.56 Å². The maximum atomic E-state index is 10.2. The molecular weight excluding hydrogens is 248 g/mol. The average Bonchev–Trinajstić information content (AvgIpc) is 2.16. The third-order valence-corrected chi connectivity index (χ3v) is 2.16. The molecule has 0 saturated carbocycles. The number of benzene rings is 1. The summed E-state index contributed by atoms with van der Waals surface area (Å²) in [6, 6.07) is 7.52. The summed E-state index contributed by atoms with van der Waals surface area (Å²) >= 11 is 3.30. The minimum absolute atomic E-state index is 0.187. The lowest BCUT2D eigenvalue weighted by molar-refractivity contribution is -0.431. The number of hydrogen-bond donors (Lipinski definition) is 1. The van der Waals surface area contributed by atoms with Gasteiger partial charge in [-0.05, 0) is 29.2 Å². The van der Waals surface area contributed by atoms with Gasteiger partial charge < -0.3 is 10.1 Å². The fourth-order valence-electron chi connectivity index (χ4n) is 0.871. The lowest BCUT2D eigenvalue weighted by Gasteiger charge is -2.01. The molecule has 0 atom stereocenters. The fourth-order valence-corrected chi connectivity index (χ4v) is 1.14. The highest BCUT2D eigenvalue weighted by molar-refractivity contribution is 9.10. The largest absolute Gasteiger partial charge is 0.358 e. The van der Waals surface area contributed by atoms with Crippen LogP contribution in [0.15, 0.2) is 41.1 Å². The molecule has 0 unspecified atom stereocenters. The highest BCUT2D eigenvalue weighted by Crippen LogP contribution is 2.10. The summed E-state index contributed by atoms with van der Waals surface area (Å²) < 4.78 is 0.981. The van der Waals surface area contributed by atoms with Crippen molar-refractivity contribution in [2.24, 2.45) is 0 Å². The van der Waals surface area contributed by atoms with E-state index < -0.39 is 4.92 Å². The monoisotopic (exact) mass is 256 g/mol. The van der Waals surface area contributed by atoms with Crippen molar-refractivity contribution >= 4 is 15.9 Å². The predicted octanol–water partition coefficient (Wildman–Crippen LogP) is 2.29. The van der Waals surface area contributed by atoms with E-state index in [9.17, 15) is 10.1 Å². The number of nitrogens with one attached hydrogen (secondary N) is 1. The zero-order valence-electron chi connectivity index (χ0n) is 7.37. The number of nitrogens with zero attached hydrogens (tertiary/aromatic N) is 1. The van der Waals surface area contributed by atoms with Gasteiger partial charge in [0.2, 0.25) is 0 Å². The first-order valence-electron chi connectivity index (χ1n) is 3.91. The van der Waals surface area contributed by atoms with Gasteiger partial charge in [-0.3, -0.25) is 5.32 Å². The van der Waals surface area contributed by atoms with Crippen molar-refractivity contribution in [1.82, 2.24) is 5.32 Å². The van der Waals surface area contributed by atoms with Crippen molar-refractivity contribution in [2.45, 2.75) is 6.54 Å². The maximum Gasteiger partial charge on any atom is 0.309 e. The van der Waals surface area contributed by atoms with Crippen LogP contribution in [-0.2, 0) is 6.54 Å². The Morgan fingerprint density at radius 2 is 2.07 bits per heavy atom. The van der Waals surface area contributed by atoms with Crippen molar-refractivity contribution in [3.05, 3.63) is 56.8 Å². The predicted molar refractivity (Wildman–Crippen MR) is 57.1 cm³/mol. The molecule has 0 heterocycles. The second kappa shape index (κ2) is 4.76. The van der Waals surface area contributed by atoms with E-state index in [2.05, 4.69) is 27.8 Å². The molecule has 5 heteroatoms. The van der Waals surface area contributed by atoms with Gasteiger partial charge in [-0.2, -0.15) is 0 Å². The quantitative estimate of drug-likeness (QED) is 0.665. The molecule has 0 spiro atoms. The molecule has 1 rings (SSSR count). The standard InChI is InChI=1S/C9H9BrN2O2/c1-7(12(13)14)11-6-8-2-4-9(10)5-3-8/h2-5,11H,1,6H2.